The minimum Gasteiger partial charge on any atom is -0.355 e. The zero-order valence-electron chi connectivity index (χ0n) is 11.4. The smallest absolute Gasteiger partial charge is 0.237 e. The molecule has 0 bridgehead atoms. The summed E-state index contributed by atoms with van der Waals surface area (Å²) in [6, 6.07) is 4.19. The summed E-state index contributed by atoms with van der Waals surface area (Å²) in [6.07, 6.45) is 5.28. The molecule has 1 amide bonds. The van der Waals surface area contributed by atoms with Gasteiger partial charge in [-0.15, -0.1) is 0 Å². The molecule has 0 spiro atoms. The van der Waals surface area contributed by atoms with Crippen molar-refractivity contribution in [2.75, 3.05) is 13.1 Å². The van der Waals surface area contributed by atoms with Gasteiger partial charge in [-0.25, -0.2) is 0 Å². The van der Waals surface area contributed by atoms with Gasteiger partial charge in [0, 0.05) is 31.5 Å². The summed E-state index contributed by atoms with van der Waals surface area (Å²) in [5.74, 6) is 0.0960. The minimum absolute atomic E-state index is 0.0960. The highest BCUT2D eigenvalue weighted by Crippen LogP contribution is 2.18. The minimum atomic E-state index is -0.136. The van der Waals surface area contributed by atoms with Crippen molar-refractivity contribution in [1.82, 2.24) is 15.2 Å². The summed E-state index contributed by atoms with van der Waals surface area (Å²) in [5.41, 5.74) is 6.79. The van der Waals surface area contributed by atoms with Crippen molar-refractivity contribution in [2.24, 2.45) is 5.73 Å². The second kappa shape index (κ2) is 6.63. The van der Waals surface area contributed by atoms with Crippen LogP contribution in [0.15, 0.2) is 24.5 Å². The molecule has 0 aliphatic carbocycles. The lowest BCUT2D eigenvalue weighted by Crippen LogP contribution is -2.47. The van der Waals surface area contributed by atoms with Gasteiger partial charge in [-0.3, -0.25) is 14.7 Å². The van der Waals surface area contributed by atoms with Gasteiger partial charge in [-0.2, -0.15) is 0 Å². The fourth-order valence-corrected chi connectivity index (χ4v) is 2.57. The summed E-state index contributed by atoms with van der Waals surface area (Å²) in [4.78, 5) is 18.5. The van der Waals surface area contributed by atoms with Crippen LogP contribution in [0.4, 0.5) is 0 Å². The van der Waals surface area contributed by atoms with Crippen molar-refractivity contribution >= 4 is 5.91 Å². The molecule has 0 radical (unpaired) electrons. The molecular weight excluding hydrogens is 240 g/mol. The Kier molecular flexibility index (Phi) is 4.87. The summed E-state index contributed by atoms with van der Waals surface area (Å²) < 4.78 is 0. The molecular formula is C14H22N4O. The number of hydrogen-bond donors (Lipinski definition) is 2. The van der Waals surface area contributed by atoms with Gasteiger partial charge in [0.2, 0.25) is 5.91 Å². The Morgan fingerprint density at radius 3 is 3.11 bits per heavy atom. The van der Waals surface area contributed by atoms with Crippen molar-refractivity contribution < 1.29 is 4.79 Å². The Hall–Kier alpha value is -1.46. The third-order valence-corrected chi connectivity index (χ3v) is 3.66. The number of nitrogens with one attached hydrogen (secondary N) is 1. The van der Waals surface area contributed by atoms with E-state index in [-0.39, 0.29) is 11.9 Å². The predicted octanol–water partition coefficient (Wildman–Crippen LogP) is 0.509. The van der Waals surface area contributed by atoms with Gasteiger partial charge in [0.1, 0.15) is 0 Å². The zero-order valence-corrected chi connectivity index (χ0v) is 11.4. The van der Waals surface area contributed by atoms with Crippen LogP contribution in [0.3, 0.4) is 0 Å². The second-order valence-electron chi connectivity index (χ2n) is 5.06. The van der Waals surface area contributed by atoms with Gasteiger partial charge in [0.05, 0.1) is 6.04 Å². The van der Waals surface area contributed by atoms with E-state index in [9.17, 15) is 4.79 Å². The molecule has 2 unspecified atom stereocenters. The topological polar surface area (TPSA) is 71.2 Å². The van der Waals surface area contributed by atoms with Crippen LogP contribution in [0.1, 0.15) is 25.3 Å². The fourth-order valence-electron chi connectivity index (χ4n) is 2.57. The van der Waals surface area contributed by atoms with Crippen LogP contribution in [0, 0.1) is 0 Å². The SMILES string of the molecule is CC1CCNC(=O)C(CCN)N1Cc1cccnc1. The lowest BCUT2D eigenvalue weighted by Gasteiger charge is -2.32. The number of rotatable bonds is 4. The third kappa shape index (κ3) is 3.52. The molecule has 1 aromatic heterocycles. The maximum absolute atomic E-state index is 12.1. The second-order valence-corrected chi connectivity index (χ2v) is 5.06. The van der Waals surface area contributed by atoms with Gasteiger partial charge in [0.15, 0.2) is 0 Å². The standard InChI is InChI=1S/C14H22N4O/c1-11-5-8-17-14(19)13(4-6-15)18(11)10-12-3-2-7-16-9-12/h2-3,7,9,11,13H,4-6,8,10,15H2,1H3,(H,17,19). The number of aromatic nitrogens is 1. The van der Waals surface area contributed by atoms with Gasteiger partial charge in [-0.05, 0) is 37.9 Å². The molecule has 0 aromatic carbocycles. The molecule has 1 saturated heterocycles. The first kappa shape index (κ1) is 14.0. The molecule has 3 N–H and O–H groups in total. The molecule has 1 aliphatic rings. The maximum atomic E-state index is 12.1. The van der Waals surface area contributed by atoms with Crippen LogP contribution in [-0.2, 0) is 11.3 Å². The number of carbonyl (C=O) groups excluding carboxylic acids is 1. The monoisotopic (exact) mass is 262 g/mol. The summed E-state index contributed by atoms with van der Waals surface area (Å²) >= 11 is 0. The van der Waals surface area contributed by atoms with Crippen molar-refractivity contribution in [3.05, 3.63) is 30.1 Å². The van der Waals surface area contributed by atoms with E-state index in [0.717, 1.165) is 25.1 Å². The Morgan fingerprint density at radius 1 is 1.58 bits per heavy atom. The van der Waals surface area contributed by atoms with Crippen LogP contribution in [0.25, 0.3) is 0 Å². The van der Waals surface area contributed by atoms with E-state index in [0.29, 0.717) is 19.0 Å². The van der Waals surface area contributed by atoms with Gasteiger partial charge in [-0.1, -0.05) is 6.07 Å². The third-order valence-electron chi connectivity index (χ3n) is 3.66. The molecule has 5 heteroatoms. The van der Waals surface area contributed by atoms with Gasteiger partial charge in [0.25, 0.3) is 0 Å². The highest BCUT2D eigenvalue weighted by atomic mass is 16.2. The summed E-state index contributed by atoms with van der Waals surface area (Å²) in [5, 5.41) is 2.97. The average Bonchev–Trinajstić information content (AvgIpc) is 2.54. The van der Waals surface area contributed by atoms with E-state index in [1.54, 1.807) is 6.20 Å². The Bertz CT molecular complexity index is 409. The lowest BCUT2D eigenvalue weighted by molar-refractivity contribution is -0.126. The first-order valence-corrected chi connectivity index (χ1v) is 6.85. The molecule has 0 saturated carbocycles. The fraction of sp³-hybridized carbons (Fsp3) is 0.571. The Balaban J connectivity index is 2.17. The summed E-state index contributed by atoms with van der Waals surface area (Å²) in [6.45, 7) is 4.17. The largest absolute Gasteiger partial charge is 0.355 e. The number of amides is 1. The molecule has 5 nitrogen and oxygen atoms in total. The number of carbonyl (C=O) groups is 1. The molecule has 104 valence electrons. The summed E-state index contributed by atoms with van der Waals surface area (Å²) in [7, 11) is 0. The zero-order chi connectivity index (χ0) is 13.7. The number of nitrogens with two attached hydrogens (primary N) is 1. The predicted molar refractivity (Wildman–Crippen MR) is 74.3 cm³/mol. The first-order valence-electron chi connectivity index (χ1n) is 6.85. The number of hydrogen-bond acceptors (Lipinski definition) is 4. The van der Waals surface area contributed by atoms with E-state index in [1.807, 2.05) is 18.3 Å². The number of nitrogens with zero attached hydrogens (tertiary/aromatic N) is 2. The molecule has 1 aromatic rings. The van der Waals surface area contributed by atoms with Crippen molar-refractivity contribution in [2.45, 2.75) is 38.4 Å². The highest BCUT2D eigenvalue weighted by Gasteiger charge is 2.31. The normalized spacial score (nSPS) is 24.8. The Morgan fingerprint density at radius 2 is 2.42 bits per heavy atom. The van der Waals surface area contributed by atoms with Gasteiger partial charge >= 0.3 is 0 Å². The van der Waals surface area contributed by atoms with Crippen LogP contribution in [0.2, 0.25) is 0 Å². The number of pyridine rings is 1. The van der Waals surface area contributed by atoms with Crippen molar-refractivity contribution in [3.63, 3.8) is 0 Å². The Labute approximate surface area is 114 Å². The highest BCUT2D eigenvalue weighted by molar-refractivity contribution is 5.82. The van der Waals surface area contributed by atoms with E-state index in [2.05, 4.69) is 22.1 Å². The van der Waals surface area contributed by atoms with Crippen molar-refractivity contribution in [1.29, 1.82) is 0 Å². The first-order chi connectivity index (χ1) is 9.22. The van der Waals surface area contributed by atoms with E-state index >= 15 is 0 Å². The molecule has 2 rings (SSSR count). The maximum Gasteiger partial charge on any atom is 0.237 e. The molecule has 2 heterocycles. The van der Waals surface area contributed by atoms with Crippen LogP contribution >= 0.6 is 0 Å². The van der Waals surface area contributed by atoms with E-state index in [4.69, 9.17) is 5.73 Å². The van der Waals surface area contributed by atoms with E-state index in [1.165, 1.54) is 0 Å². The quantitative estimate of drug-likeness (QED) is 0.829. The van der Waals surface area contributed by atoms with Crippen LogP contribution in [0.5, 0.6) is 0 Å². The average molecular weight is 262 g/mol. The molecule has 1 fully saturated rings. The molecule has 1 aliphatic heterocycles. The lowest BCUT2D eigenvalue weighted by atomic mass is 10.1. The van der Waals surface area contributed by atoms with Gasteiger partial charge < -0.3 is 11.1 Å². The van der Waals surface area contributed by atoms with Crippen LogP contribution < -0.4 is 11.1 Å². The van der Waals surface area contributed by atoms with Crippen LogP contribution in [-0.4, -0.2) is 41.0 Å². The molecule has 19 heavy (non-hydrogen) atoms. The van der Waals surface area contributed by atoms with Crippen molar-refractivity contribution in [3.8, 4) is 0 Å². The molecule has 2 atom stereocenters. The van der Waals surface area contributed by atoms with E-state index < -0.39 is 0 Å².